The summed E-state index contributed by atoms with van der Waals surface area (Å²) < 4.78 is 1.01. The molecule has 1 aromatic rings. The number of aldehydes is 1. The molecular weight excluding hydrogens is 226 g/mol. The highest BCUT2D eigenvalue weighted by Gasteiger charge is 2.13. The third-order valence-electron chi connectivity index (χ3n) is 1.10. The second-order valence-electron chi connectivity index (χ2n) is 1.82. The van der Waals surface area contributed by atoms with Crippen LogP contribution >= 0.6 is 46.1 Å². The first-order valence-corrected chi connectivity index (χ1v) is 4.70. The van der Waals surface area contributed by atoms with Crippen molar-refractivity contribution in [3.05, 3.63) is 20.3 Å². The Kier molecular flexibility index (Phi) is 3.19. The molecule has 0 aliphatic heterocycles. The highest BCUT2D eigenvalue weighted by Crippen LogP contribution is 2.36. The molecule has 0 radical (unpaired) electrons. The van der Waals surface area contributed by atoms with Gasteiger partial charge in [0.15, 0.2) is 0 Å². The van der Waals surface area contributed by atoms with Gasteiger partial charge in [0.05, 0.1) is 8.67 Å². The number of rotatable bonds is 2. The van der Waals surface area contributed by atoms with E-state index in [1.165, 1.54) is 11.3 Å². The van der Waals surface area contributed by atoms with E-state index in [0.29, 0.717) is 20.5 Å². The topological polar surface area (TPSA) is 17.1 Å². The van der Waals surface area contributed by atoms with Crippen LogP contribution in [0.25, 0.3) is 0 Å². The molecule has 0 bridgehead atoms. The zero-order valence-corrected chi connectivity index (χ0v) is 8.27. The molecule has 0 aliphatic rings. The summed E-state index contributed by atoms with van der Waals surface area (Å²) in [6.07, 6.45) is 0.617. The second kappa shape index (κ2) is 3.76. The Morgan fingerprint density at radius 2 is 2.18 bits per heavy atom. The summed E-state index contributed by atoms with van der Waals surface area (Å²) in [6.45, 7) is 0. The third kappa shape index (κ3) is 2.09. The monoisotopic (exact) mass is 228 g/mol. The summed E-state index contributed by atoms with van der Waals surface area (Å²) in [5.74, 6) is 0. The molecule has 5 heteroatoms. The van der Waals surface area contributed by atoms with Crippen LogP contribution in [0.1, 0.15) is 10.9 Å². The SMILES string of the molecule is O=CC(Cl)c1cc(Cl)sc1Cl. The normalized spacial score (nSPS) is 13.0. The molecule has 1 rings (SSSR count). The molecule has 0 aliphatic carbocycles. The molecule has 11 heavy (non-hydrogen) atoms. The van der Waals surface area contributed by atoms with Gasteiger partial charge in [0.2, 0.25) is 0 Å². The van der Waals surface area contributed by atoms with Crippen LogP contribution in [0.5, 0.6) is 0 Å². The summed E-state index contributed by atoms with van der Waals surface area (Å²) in [6, 6.07) is 1.60. The lowest BCUT2D eigenvalue weighted by Gasteiger charge is -1.95. The van der Waals surface area contributed by atoms with Crippen molar-refractivity contribution >= 4 is 52.4 Å². The van der Waals surface area contributed by atoms with E-state index in [1.54, 1.807) is 6.07 Å². The summed E-state index contributed by atoms with van der Waals surface area (Å²) >= 11 is 18.1. The fraction of sp³-hybridized carbons (Fsp3) is 0.167. The van der Waals surface area contributed by atoms with Crippen LogP contribution in [0.4, 0.5) is 0 Å². The van der Waals surface area contributed by atoms with E-state index < -0.39 is 5.38 Å². The van der Waals surface area contributed by atoms with Gasteiger partial charge in [-0.15, -0.1) is 22.9 Å². The standard InChI is InChI=1S/C6H3Cl3OS/c7-4(2-10)3-1-5(8)11-6(3)9/h1-2,4H. The number of hydrogen-bond donors (Lipinski definition) is 0. The van der Waals surface area contributed by atoms with Crippen molar-refractivity contribution in [2.24, 2.45) is 0 Å². The molecule has 0 aromatic carbocycles. The Bertz CT molecular complexity index is 271. The molecule has 0 fully saturated rings. The van der Waals surface area contributed by atoms with E-state index in [1.807, 2.05) is 0 Å². The van der Waals surface area contributed by atoms with E-state index in [9.17, 15) is 4.79 Å². The Hall–Kier alpha value is 0.240. The first kappa shape index (κ1) is 9.33. The molecule has 0 saturated carbocycles. The molecule has 60 valence electrons. The van der Waals surface area contributed by atoms with Gasteiger partial charge in [-0.2, -0.15) is 0 Å². The van der Waals surface area contributed by atoms with Crippen LogP contribution in [0.15, 0.2) is 6.07 Å². The number of alkyl halides is 1. The summed E-state index contributed by atoms with van der Waals surface area (Å²) in [5, 5.41) is -0.689. The summed E-state index contributed by atoms with van der Waals surface area (Å²) in [5.41, 5.74) is 0.582. The van der Waals surface area contributed by atoms with Crippen LogP contribution in [0, 0.1) is 0 Å². The average molecular weight is 230 g/mol. The molecule has 0 amide bonds. The maximum Gasteiger partial charge on any atom is 0.142 e. The van der Waals surface area contributed by atoms with E-state index in [4.69, 9.17) is 34.8 Å². The number of thiophene rings is 1. The van der Waals surface area contributed by atoms with Gasteiger partial charge >= 0.3 is 0 Å². The van der Waals surface area contributed by atoms with Crippen molar-refractivity contribution in [2.75, 3.05) is 0 Å². The van der Waals surface area contributed by atoms with Gasteiger partial charge in [0, 0.05) is 5.56 Å². The zero-order valence-electron chi connectivity index (χ0n) is 5.18. The van der Waals surface area contributed by atoms with Crippen molar-refractivity contribution in [1.29, 1.82) is 0 Å². The molecule has 1 aromatic heterocycles. The minimum atomic E-state index is -0.689. The largest absolute Gasteiger partial charge is 0.301 e. The summed E-state index contributed by atoms with van der Waals surface area (Å²) in [4.78, 5) is 10.2. The average Bonchev–Trinajstić information content (AvgIpc) is 2.28. The van der Waals surface area contributed by atoms with Gasteiger partial charge in [-0.25, -0.2) is 0 Å². The number of halogens is 3. The van der Waals surface area contributed by atoms with Gasteiger partial charge < -0.3 is 4.79 Å². The summed E-state index contributed by atoms with van der Waals surface area (Å²) in [7, 11) is 0. The fourth-order valence-corrected chi connectivity index (χ4v) is 2.46. The Balaban J connectivity index is 3.02. The predicted molar refractivity (Wildman–Crippen MR) is 49.0 cm³/mol. The number of carbonyl (C=O) groups is 1. The second-order valence-corrected chi connectivity index (χ2v) is 4.57. The smallest absolute Gasteiger partial charge is 0.142 e. The molecule has 0 N–H and O–H groups in total. The van der Waals surface area contributed by atoms with Crippen molar-refractivity contribution in [2.45, 2.75) is 5.38 Å². The van der Waals surface area contributed by atoms with Crippen LogP contribution in [-0.4, -0.2) is 6.29 Å². The first-order valence-electron chi connectivity index (χ1n) is 2.69. The predicted octanol–water partition coefficient (Wildman–Crippen LogP) is 3.53. The van der Waals surface area contributed by atoms with Crippen LogP contribution < -0.4 is 0 Å². The third-order valence-corrected chi connectivity index (χ3v) is 2.96. The highest BCUT2D eigenvalue weighted by molar-refractivity contribution is 7.20. The van der Waals surface area contributed by atoms with Crippen molar-refractivity contribution in [3.8, 4) is 0 Å². The molecule has 1 atom stereocenters. The number of carbonyl (C=O) groups excluding carboxylic acids is 1. The molecule has 1 nitrogen and oxygen atoms in total. The van der Waals surface area contributed by atoms with Crippen LogP contribution in [-0.2, 0) is 4.79 Å². The lowest BCUT2D eigenvalue weighted by atomic mass is 10.3. The van der Waals surface area contributed by atoms with Gasteiger partial charge in [0.1, 0.15) is 11.7 Å². The van der Waals surface area contributed by atoms with Crippen molar-refractivity contribution < 1.29 is 4.79 Å². The van der Waals surface area contributed by atoms with E-state index in [0.717, 1.165) is 0 Å². The van der Waals surface area contributed by atoms with Gasteiger partial charge in [-0.1, -0.05) is 23.2 Å². The van der Waals surface area contributed by atoms with Crippen LogP contribution in [0.3, 0.4) is 0 Å². The molecular formula is C6H3Cl3OS. The van der Waals surface area contributed by atoms with Gasteiger partial charge in [-0.05, 0) is 6.07 Å². The molecule has 1 heterocycles. The maximum absolute atomic E-state index is 10.2. The van der Waals surface area contributed by atoms with Crippen LogP contribution in [0.2, 0.25) is 8.67 Å². The highest BCUT2D eigenvalue weighted by atomic mass is 35.5. The van der Waals surface area contributed by atoms with Crippen molar-refractivity contribution in [1.82, 2.24) is 0 Å². The quantitative estimate of drug-likeness (QED) is 0.560. The van der Waals surface area contributed by atoms with E-state index in [2.05, 4.69) is 0 Å². The minimum Gasteiger partial charge on any atom is -0.301 e. The first-order chi connectivity index (χ1) is 5.15. The maximum atomic E-state index is 10.2. The Labute approximate surface area is 82.9 Å². The van der Waals surface area contributed by atoms with Gasteiger partial charge in [0.25, 0.3) is 0 Å². The van der Waals surface area contributed by atoms with E-state index >= 15 is 0 Å². The molecule has 0 saturated heterocycles. The van der Waals surface area contributed by atoms with Crippen molar-refractivity contribution in [3.63, 3.8) is 0 Å². The lowest BCUT2D eigenvalue weighted by Crippen LogP contribution is -1.87. The minimum absolute atomic E-state index is 0.474. The lowest BCUT2D eigenvalue weighted by molar-refractivity contribution is -0.107. The van der Waals surface area contributed by atoms with Gasteiger partial charge in [-0.3, -0.25) is 0 Å². The Morgan fingerprint density at radius 1 is 1.55 bits per heavy atom. The number of hydrogen-bond acceptors (Lipinski definition) is 2. The zero-order chi connectivity index (χ0) is 8.43. The fourth-order valence-electron chi connectivity index (χ4n) is 0.614. The Morgan fingerprint density at radius 3 is 2.55 bits per heavy atom. The molecule has 1 unspecified atom stereocenters. The molecule has 0 spiro atoms. The van der Waals surface area contributed by atoms with E-state index in [-0.39, 0.29) is 0 Å².